The van der Waals surface area contributed by atoms with Crippen LogP contribution in [-0.2, 0) is 29.2 Å². The second-order valence-corrected chi connectivity index (χ2v) is 8.25. The van der Waals surface area contributed by atoms with E-state index in [1.165, 1.54) is 0 Å². The first-order valence-electron chi connectivity index (χ1n) is 11.0. The average Bonchev–Trinajstić information content (AvgIpc) is 2.84. The SMILES string of the molecule is Cc1ccccc1CNC(=O)c1ccc(CN2CCN(Cc3ccccc3)C(=O)C2=O)cc1. The summed E-state index contributed by atoms with van der Waals surface area (Å²) in [6, 6.07) is 24.8. The largest absolute Gasteiger partial charge is 0.348 e. The Labute approximate surface area is 193 Å². The predicted molar refractivity (Wildman–Crippen MR) is 126 cm³/mol. The number of piperazine rings is 1. The summed E-state index contributed by atoms with van der Waals surface area (Å²) in [6.07, 6.45) is 0. The minimum absolute atomic E-state index is 0.148. The lowest BCUT2D eigenvalue weighted by Gasteiger charge is -2.33. The Hall–Kier alpha value is -3.93. The monoisotopic (exact) mass is 441 g/mol. The van der Waals surface area contributed by atoms with Gasteiger partial charge in [-0.05, 0) is 41.3 Å². The zero-order valence-electron chi connectivity index (χ0n) is 18.7. The highest BCUT2D eigenvalue weighted by molar-refractivity contribution is 6.35. The van der Waals surface area contributed by atoms with E-state index in [1.807, 2.05) is 73.7 Å². The predicted octanol–water partition coefficient (Wildman–Crippen LogP) is 3.30. The second kappa shape index (κ2) is 10.1. The van der Waals surface area contributed by atoms with Crippen molar-refractivity contribution in [3.05, 3.63) is 107 Å². The third-order valence-electron chi connectivity index (χ3n) is 5.90. The Morgan fingerprint density at radius 2 is 1.30 bits per heavy atom. The lowest BCUT2D eigenvalue weighted by molar-refractivity contribution is -0.156. The summed E-state index contributed by atoms with van der Waals surface area (Å²) in [7, 11) is 0. The van der Waals surface area contributed by atoms with Gasteiger partial charge in [0.2, 0.25) is 0 Å². The summed E-state index contributed by atoms with van der Waals surface area (Å²) in [6.45, 7) is 4.25. The number of amides is 3. The van der Waals surface area contributed by atoms with Gasteiger partial charge < -0.3 is 15.1 Å². The molecule has 6 nitrogen and oxygen atoms in total. The zero-order valence-corrected chi connectivity index (χ0v) is 18.7. The van der Waals surface area contributed by atoms with Gasteiger partial charge in [-0.25, -0.2) is 0 Å². The van der Waals surface area contributed by atoms with Crippen molar-refractivity contribution in [1.82, 2.24) is 15.1 Å². The van der Waals surface area contributed by atoms with Gasteiger partial charge in [-0.3, -0.25) is 14.4 Å². The molecule has 1 fully saturated rings. The van der Waals surface area contributed by atoms with Gasteiger partial charge in [0.1, 0.15) is 0 Å². The molecule has 0 unspecified atom stereocenters. The van der Waals surface area contributed by atoms with Crippen LogP contribution in [0.15, 0.2) is 78.9 Å². The van der Waals surface area contributed by atoms with Crippen LogP contribution >= 0.6 is 0 Å². The minimum atomic E-state index is -0.489. The lowest BCUT2D eigenvalue weighted by atomic mass is 10.1. The fraction of sp³-hybridized carbons (Fsp3) is 0.222. The van der Waals surface area contributed by atoms with Crippen LogP contribution in [0.5, 0.6) is 0 Å². The van der Waals surface area contributed by atoms with E-state index in [-0.39, 0.29) is 5.91 Å². The van der Waals surface area contributed by atoms with E-state index >= 15 is 0 Å². The molecule has 1 aliphatic heterocycles. The molecule has 0 aromatic heterocycles. The van der Waals surface area contributed by atoms with Crippen molar-refractivity contribution >= 4 is 17.7 Å². The maximum atomic E-state index is 12.6. The van der Waals surface area contributed by atoms with Crippen LogP contribution in [0.4, 0.5) is 0 Å². The second-order valence-electron chi connectivity index (χ2n) is 8.25. The smallest absolute Gasteiger partial charge is 0.312 e. The van der Waals surface area contributed by atoms with Crippen molar-refractivity contribution in [3.8, 4) is 0 Å². The molecule has 168 valence electrons. The Morgan fingerprint density at radius 3 is 1.91 bits per heavy atom. The van der Waals surface area contributed by atoms with Gasteiger partial charge in [0.05, 0.1) is 0 Å². The van der Waals surface area contributed by atoms with Crippen molar-refractivity contribution in [1.29, 1.82) is 0 Å². The number of carbonyl (C=O) groups is 3. The first-order chi connectivity index (χ1) is 16.0. The molecular weight excluding hydrogens is 414 g/mol. The molecule has 4 rings (SSSR count). The highest BCUT2D eigenvalue weighted by Crippen LogP contribution is 2.15. The molecule has 0 atom stereocenters. The average molecular weight is 442 g/mol. The molecule has 6 heteroatoms. The molecule has 1 heterocycles. The summed E-state index contributed by atoms with van der Waals surface area (Å²) in [5.74, 6) is -1.11. The molecule has 3 amide bonds. The maximum absolute atomic E-state index is 12.6. The van der Waals surface area contributed by atoms with Crippen molar-refractivity contribution in [3.63, 3.8) is 0 Å². The van der Waals surface area contributed by atoms with Crippen LogP contribution in [-0.4, -0.2) is 40.6 Å². The molecule has 0 saturated carbocycles. The van der Waals surface area contributed by atoms with Crippen LogP contribution < -0.4 is 5.32 Å². The summed E-state index contributed by atoms with van der Waals surface area (Å²) in [5.41, 5.74) is 4.65. The highest BCUT2D eigenvalue weighted by atomic mass is 16.2. The lowest BCUT2D eigenvalue weighted by Crippen LogP contribution is -2.53. The number of carbonyl (C=O) groups excluding carboxylic acids is 3. The molecule has 0 spiro atoms. The third-order valence-corrected chi connectivity index (χ3v) is 5.90. The van der Waals surface area contributed by atoms with Crippen molar-refractivity contribution in [2.75, 3.05) is 13.1 Å². The van der Waals surface area contributed by atoms with Crippen LogP contribution in [0.1, 0.15) is 32.6 Å². The zero-order chi connectivity index (χ0) is 23.2. The Balaban J connectivity index is 1.31. The normalized spacial score (nSPS) is 13.8. The summed E-state index contributed by atoms with van der Waals surface area (Å²) < 4.78 is 0. The standard InChI is InChI=1S/C27H27N3O3/c1-20-7-5-6-10-24(20)17-28-25(31)23-13-11-22(12-14-23)19-30-16-15-29(26(32)27(30)33)18-21-8-3-2-4-9-21/h2-14H,15-19H2,1H3,(H,28,31). The highest BCUT2D eigenvalue weighted by Gasteiger charge is 2.32. The Kier molecular flexibility index (Phi) is 6.83. The van der Waals surface area contributed by atoms with E-state index in [0.29, 0.717) is 38.3 Å². The topological polar surface area (TPSA) is 69.7 Å². The molecular formula is C27H27N3O3. The van der Waals surface area contributed by atoms with Crippen LogP contribution in [0.25, 0.3) is 0 Å². The van der Waals surface area contributed by atoms with Crippen molar-refractivity contribution < 1.29 is 14.4 Å². The maximum Gasteiger partial charge on any atom is 0.312 e. The van der Waals surface area contributed by atoms with Gasteiger partial charge in [0.15, 0.2) is 0 Å². The molecule has 1 N–H and O–H groups in total. The minimum Gasteiger partial charge on any atom is -0.348 e. The van der Waals surface area contributed by atoms with Gasteiger partial charge >= 0.3 is 11.8 Å². The summed E-state index contributed by atoms with van der Waals surface area (Å²) in [4.78, 5) is 40.8. The van der Waals surface area contributed by atoms with Gasteiger partial charge in [-0.2, -0.15) is 0 Å². The molecule has 3 aromatic carbocycles. The number of hydrogen-bond donors (Lipinski definition) is 1. The van der Waals surface area contributed by atoms with Gasteiger partial charge in [-0.15, -0.1) is 0 Å². The quantitative estimate of drug-likeness (QED) is 0.572. The number of aryl methyl sites for hydroxylation is 1. The number of hydrogen-bond acceptors (Lipinski definition) is 3. The molecule has 33 heavy (non-hydrogen) atoms. The molecule has 0 bridgehead atoms. The molecule has 0 aliphatic carbocycles. The fourth-order valence-corrected chi connectivity index (χ4v) is 3.89. The molecule has 3 aromatic rings. The van der Waals surface area contributed by atoms with Crippen LogP contribution in [0, 0.1) is 6.92 Å². The molecule has 0 radical (unpaired) electrons. The third kappa shape index (κ3) is 5.47. The van der Waals surface area contributed by atoms with Gasteiger partial charge in [0.25, 0.3) is 5.91 Å². The molecule has 1 saturated heterocycles. The first-order valence-corrected chi connectivity index (χ1v) is 11.0. The molecule has 1 aliphatic rings. The van der Waals surface area contributed by atoms with Gasteiger partial charge in [-0.1, -0.05) is 66.7 Å². The van der Waals surface area contributed by atoms with E-state index in [2.05, 4.69) is 5.32 Å². The summed E-state index contributed by atoms with van der Waals surface area (Å²) in [5, 5.41) is 2.94. The van der Waals surface area contributed by atoms with E-state index < -0.39 is 11.8 Å². The Bertz CT molecular complexity index is 1140. The van der Waals surface area contributed by atoms with E-state index in [1.54, 1.807) is 21.9 Å². The number of nitrogens with zero attached hydrogens (tertiary/aromatic N) is 2. The van der Waals surface area contributed by atoms with Crippen molar-refractivity contribution in [2.45, 2.75) is 26.6 Å². The fourth-order valence-electron chi connectivity index (χ4n) is 3.89. The van der Waals surface area contributed by atoms with E-state index in [0.717, 1.165) is 22.3 Å². The number of benzene rings is 3. The number of rotatable bonds is 7. The Morgan fingerprint density at radius 1 is 0.758 bits per heavy atom. The van der Waals surface area contributed by atoms with Crippen LogP contribution in [0.2, 0.25) is 0 Å². The summed E-state index contributed by atoms with van der Waals surface area (Å²) >= 11 is 0. The van der Waals surface area contributed by atoms with E-state index in [9.17, 15) is 14.4 Å². The van der Waals surface area contributed by atoms with E-state index in [4.69, 9.17) is 0 Å². The first kappa shape index (κ1) is 22.3. The van der Waals surface area contributed by atoms with Crippen molar-refractivity contribution in [2.24, 2.45) is 0 Å². The number of nitrogens with one attached hydrogen (secondary N) is 1. The van der Waals surface area contributed by atoms with Crippen LogP contribution in [0.3, 0.4) is 0 Å². The van der Waals surface area contributed by atoms with Gasteiger partial charge in [0, 0.05) is 38.3 Å².